The summed E-state index contributed by atoms with van der Waals surface area (Å²) in [5.41, 5.74) is -0.00262. The number of halogens is 3. The Labute approximate surface area is 96.5 Å². The molecule has 1 rings (SSSR count). The predicted octanol–water partition coefficient (Wildman–Crippen LogP) is 2.42. The molecule has 1 N–H and O–H groups in total. The van der Waals surface area contributed by atoms with E-state index in [2.05, 4.69) is 0 Å². The van der Waals surface area contributed by atoms with Gasteiger partial charge in [0.15, 0.2) is 0 Å². The summed E-state index contributed by atoms with van der Waals surface area (Å²) < 4.78 is 35.9. The molecule has 0 aliphatic rings. The normalized spacial score (nSPS) is 11.3. The van der Waals surface area contributed by atoms with E-state index in [9.17, 15) is 23.1 Å². The minimum Gasteiger partial charge on any atom is -0.507 e. The van der Waals surface area contributed by atoms with Crippen LogP contribution >= 0.6 is 0 Å². The number of rotatable bonds is 3. The van der Waals surface area contributed by atoms with Crippen LogP contribution in [0.15, 0.2) is 24.3 Å². The van der Waals surface area contributed by atoms with Crippen molar-refractivity contribution >= 4 is 5.91 Å². The third-order valence-corrected chi connectivity index (χ3v) is 2.21. The number of carbonyl (C=O) groups is 1. The Morgan fingerprint density at radius 1 is 1.35 bits per heavy atom. The molecule has 3 nitrogen and oxygen atoms in total. The Kier molecular flexibility index (Phi) is 3.98. The first-order chi connectivity index (χ1) is 7.81. The van der Waals surface area contributed by atoms with Gasteiger partial charge in [0, 0.05) is 13.6 Å². The molecule has 0 aliphatic carbocycles. The first-order valence-corrected chi connectivity index (χ1v) is 4.91. The summed E-state index contributed by atoms with van der Waals surface area (Å²) in [4.78, 5) is 12.6. The third-order valence-electron chi connectivity index (χ3n) is 2.21. The molecule has 0 unspecified atom stereocenters. The molecule has 0 spiro atoms. The Balaban J connectivity index is 2.68. The maximum absolute atomic E-state index is 12.0. The van der Waals surface area contributed by atoms with Gasteiger partial charge in [0.05, 0.1) is 12.0 Å². The number of nitrogens with zero attached hydrogens (tertiary/aromatic N) is 1. The average molecular weight is 247 g/mol. The summed E-state index contributed by atoms with van der Waals surface area (Å²) >= 11 is 0. The van der Waals surface area contributed by atoms with Gasteiger partial charge >= 0.3 is 6.18 Å². The minimum absolute atomic E-state index is 0.00262. The fraction of sp³-hybridized carbons (Fsp3) is 0.364. The number of hydrogen-bond donors (Lipinski definition) is 1. The van der Waals surface area contributed by atoms with Crippen molar-refractivity contribution in [2.45, 2.75) is 12.6 Å². The molecule has 0 aromatic heterocycles. The highest BCUT2D eigenvalue weighted by Gasteiger charge is 2.28. The van der Waals surface area contributed by atoms with Gasteiger partial charge in [-0.15, -0.1) is 0 Å². The maximum atomic E-state index is 12.0. The van der Waals surface area contributed by atoms with Gasteiger partial charge in [0.2, 0.25) is 0 Å². The molecule has 0 saturated carbocycles. The monoisotopic (exact) mass is 247 g/mol. The summed E-state index contributed by atoms with van der Waals surface area (Å²) in [6.07, 6.45) is -5.36. The fourth-order valence-corrected chi connectivity index (χ4v) is 1.26. The molecule has 1 amide bonds. The largest absolute Gasteiger partial charge is 0.507 e. The second-order valence-electron chi connectivity index (χ2n) is 3.61. The van der Waals surface area contributed by atoms with Gasteiger partial charge in [0.1, 0.15) is 5.75 Å². The van der Waals surface area contributed by atoms with Crippen molar-refractivity contribution in [1.82, 2.24) is 4.90 Å². The van der Waals surface area contributed by atoms with Crippen molar-refractivity contribution < 1.29 is 23.1 Å². The van der Waals surface area contributed by atoms with Gasteiger partial charge in [-0.2, -0.15) is 13.2 Å². The molecule has 0 aliphatic heterocycles. The van der Waals surface area contributed by atoms with Crippen LogP contribution < -0.4 is 0 Å². The van der Waals surface area contributed by atoms with E-state index in [-0.39, 0.29) is 11.3 Å². The number of alkyl halides is 3. The van der Waals surface area contributed by atoms with Gasteiger partial charge in [-0.3, -0.25) is 4.79 Å². The second kappa shape index (κ2) is 5.07. The number of phenols is 1. The molecule has 1 aromatic carbocycles. The van der Waals surface area contributed by atoms with Crippen LogP contribution in [-0.2, 0) is 0 Å². The molecule has 0 radical (unpaired) electrons. The van der Waals surface area contributed by atoms with Crippen molar-refractivity contribution in [2.24, 2.45) is 0 Å². The molecule has 0 saturated heterocycles. The molecule has 0 heterocycles. The minimum atomic E-state index is -4.30. The number of benzene rings is 1. The molecule has 17 heavy (non-hydrogen) atoms. The van der Waals surface area contributed by atoms with Crippen molar-refractivity contribution in [1.29, 1.82) is 0 Å². The summed E-state index contributed by atoms with van der Waals surface area (Å²) in [5, 5.41) is 9.39. The standard InChI is InChI=1S/C11H12F3NO2/c1-15(7-6-11(12,13)14)10(17)8-4-2-3-5-9(8)16/h2-5,16H,6-7H2,1H3. The molecule has 0 bridgehead atoms. The van der Waals surface area contributed by atoms with E-state index in [1.165, 1.54) is 31.3 Å². The fourth-order valence-electron chi connectivity index (χ4n) is 1.26. The molecule has 0 atom stereocenters. The second-order valence-corrected chi connectivity index (χ2v) is 3.61. The van der Waals surface area contributed by atoms with Crippen LogP contribution in [0.5, 0.6) is 5.75 Å². The molecular formula is C11H12F3NO2. The Morgan fingerprint density at radius 3 is 2.47 bits per heavy atom. The first-order valence-electron chi connectivity index (χ1n) is 4.91. The maximum Gasteiger partial charge on any atom is 0.390 e. The van der Waals surface area contributed by atoms with Crippen molar-refractivity contribution in [3.63, 3.8) is 0 Å². The van der Waals surface area contributed by atoms with Crippen LogP contribution in [0, 0.1) is 0 Å². The zero-order chi connectivity index (χ0) is 13.1. The Bertz CT molecular complexity index is 404. The number of hydrogen-bond acceptors (Lipinski definition) is 2. The average Bonchev–Trinajstić information content (AvgIpc) is 2.24. The van der Waals surface area contributed by atoms with E-state index in [0.29, 0.717) is 0 Å². The summed E-state index contributed by atoms with van der Waals surface area (Å²) in [5.74, 6) is -0.872. The van der Waals surface area contributed by atoms with Crippen molar-refractivity contribution in [3.8, 4) is 5.75 Å². The van der Waals surface area contributed by atoms with Crippen LogP contribution in [0.2, 0.25) is 0 Å². The SMILES string of the molecule is CN(CCC(F)(F)F)C(=O)c1ccccc1O. The Hall–Kier alpha value is -1.72. The summed E-state index contributed by atoms with van der Waals surface area (Å²) in [6, 6.07) is 5.74. The van der Waals surface area contributed by atoms with E-state index in [1.54, 1.807) is 0 Å². The van der Waals surface area contributed by atoms with Gasteiger partial charge in [0.25, 0.3) is 5.91 Å². The lowest BCUT2D eigenvalue weighted by molar-refractivity contribution is -0.136. The highest BCUT2D eigenvalue weighted by atomic mass is 19.4. The van der Waals surface area contributed by atoms with Crippen LogP contribution in [0.25, 0.3) is 0 Å². The van der Waals surface area contributed by atoms with E-state index in [4.69, 9.17) is 0 Å². The predicted molar refractivity (Wildman–Crippen MR) is 55.7 cm³/mol. The van der Waals surface area contributed by atoms with Crippen molar-refractivity contribution in [3.05, 3.63) is 29.8 Å². The zero-order valence-corrected chi connectivity index (χ0v) is 9.16. The molecular weight excluding hydrogens is 235 g/mol. The van der Waals surface area contributed by atoms with Gasteiger partial charge in [-0.05, 0) is 12.1 Å². The van der Waals surface area contributed by atoms with Gasteiger partial charge in [-0.25, -0.2) is 0 Å². The highest BCUT2D eigenvalue weighted by Crippen LogP contribution is 2.21. The topological polar surface area (TPSA) is 40.5 Å². The molecule has 6 heteroatoms. The number of aromatic hydroxyl groups is 1. The lowest BCUT2D eigenvalue weighted by Gasteiger charge is -2.18. The van der Waals surface area contributed by atoms with Crippen LogP contribution in [-0.4, -0.2) is 35.7 Å². The van der Waals surface area contributed by atoms with Gasteiger partial charge in [-0.1, -0.05) is 12.1 Å². The lowest BCUT2D eigenvalue weighted by Crippen LogP contribution is -2.30. The van der Waals surface area contributed by atoms with E-state index in [1.807, 2.05) is 0 Å². The van der Waals surface area contributed by atoms with Gasteiger partial charge < -0.3 is 10.0 Å². The smallest absolute Gasteiger partial charge is 0.390 e. The number of para-hydroxylation sites is 1. The zero-order valence-electron chi connectivity index (χ0n) is 9.16. The van der Waals surface area contributed by atoms with E-state index in [0.717, 1.165) is 4.90 Å². The molecule has 0 fully saturated rings. The van der Waals surface area contributed by atoms with Crippen molar-refractivity contribution in [2.75, 3.05) is 13.6 Å². The Morgan fingerprint density at radius 2 is 1.94 bits per heavy atom. The number of phenolic OH excluding ortho intramolecular Hbond substituents is 1. The van der Waals surface area contributed by atoms with E-state index >= 15 is 0 Å². The first kappa shape index (κ1) is 13.3. The summed E-state index contributed by atoms with van der Waals surface area (Å²) in [6.45, 7) is -0.434. The lowest BCUT2D eigenvalue weighted by atomic mass is 10.2. The third kappa shape index (κ3) is 3.97. The molecule has 1 aromatic rings. The van der Waals surface area contributed by atoms with Crippen LogP contribution in [0.1, 0.15) is 16.8 Å². The number of amides is 1. The molecule has 94 valence electrons. The van der Waals surface area contributed by atoms with E-state index < -0.39 is 25.0 Å². The van der Waals surface area contributed by atoms with Crippen LogP contribution in [0.4, 0.5) is 13.2 Å². The quantitative estimate of drug-likeness (QED) is 0.891. The summed E-state index contributed by atoms with van der Waals surface area (Å²) in [7, 11) is 1.26. The highest BCUT2D eigenvalue weighted by molar-refractivity contribution is 5.96. The number of carbonyl (C=O) groups excluding carboxylic acids is 1. The van der Waals surface area contributed by atoms with Crippen LogP contribution in [0.3, 0.4) is 0 Å².